The highest BCUT2D eigenvalue weighted by Crippen LogP contribution is 2.18. The van der Waals surface area contributed by atoms with E-state index >= 15 is 0 Å². The quantitative estimate of drug-likeness (QED) is 0.641. The van der Waals surface area contributed by atoms with Crippen molar-refractivity contribution in [1.29, 1.82) is 5.26 Å². The van der Waals surface area contributed by atoms with Crippen molar-refractivity contribution in [3.05, 3.63) is 30.1 Å². The van der Waals surface area contributed by atoms with Gasteiger partial charge in [0.25, 0.3) is 0 Å². The van der Waals surface area contributed by atoms with E-state index in [2.05, 4.69) is 15.4 Å². The molecule has 5 nitrogen and oxygen atoms in total. The first-order chi connectivity index (χ1) is 6.42. The van der Waals surface area contributed by atoms with Gasteiger partial charge in [-0.25, -0.2) is 0 Å². The summed E-state index contributed by atoms with van der Waals surface area (Å²) in [4.78, 5) is 4.00. The average molecular weight is 172 g/mol. The van der Waals surface area contributed by atoms with Gasteiger partial charge >= 0.3 is 0 Å². The number of hydrogen-bond donors (Lipinski definition) is 0. The van der Waals surface area contributed by atoms with Crippen LogP contribution in [0.4, 0.5) is 0 Å². The summed E-state index contributed by atoms with van der Waals surface area (Å²) in [5, 5.41) is 15.6. The van der Waals surface area contributed by atoms with Crippen LogP contribution < -0.4 is 0 Å². The van der Waals surface area contributed by atoms with Crippen molar-refractivity contribution in [3.8, 4) is 17.5 Å². The van der Waals surface area contributed by atoms with Crippen LogP contribution >= 0.6 is 0 Å². The predicted octanol–water partition coefficient (Wildman–Crippen LogP) is 1.00. The first-order valence-electron chi connectivity index (χ1n) is 3.54. The second-order valence-electron chi connectivity index (χ2n) is 2.29. The zero-order chi connectivity index (χ0) is 9.10. The summed E-state index contributed by atoms with van der Waals surface area (Å²) >= 11 is 0. The fourth-order valence-electron chi connectivity index (χ4n) is 0.963. The maximum absolute atomic E-state index is 8.74. The summed E-state index contributed by atoms with van der Waals surface area (Å²) in [5.74, 6) is 0.400. The molecule has 0 spiro atoms. The molecule has 0 aliphatic rings. The van der Waals surface area contributed by atoms with E-state index in [4.69, 9.17) is 9.78 Å². The minimum absolute atomic E-state index is 0.400. The Morgan fingerprint density at radius 2 is 2.38 bits per heavy atom. The molecule has 5 heteroatoms. The first kappa shape index (κ1) is 7.43. The Morgan fingerprint density at radius 1 is 1.46 bits per heavy atom. The maximum Gasteiger partial charge on any atom is 0.206 e. The Bertz CT molecular complexity index is 443. The van der Waals surface area contributed by atoms with Crippen molar-refractivity contribution in [1.82, 2.24) is 15.4 Å². The summed E-state index contributed by atoms with van der Waals surface area (Å²) in [5.41, 5.74) is 0.913. The lowest BCUT2D eigenvalue weighted by molar-refractivity contribution is 0.402. The summed E-state index contributed by atoms with van der Waals surface area (Å²) in [7, 11) is 0. The molecule has 0 bridgehead atoms. The summed E-state index contributed by atoms with van der Waals surface area (Å²) in [6, 6.07) is 5.35. The summed E-state index contributed by atoms with van der Waals surface area (Å²) in [6.45, 7) is 0. The van der Waals surface area contributed by atoms with Crippen LogP contribution in [0.3, 0.4) is 0 Å². The Labute approximate surface area is 73.6 Å². The fraction of sp³-hybridized carbons (Fsp3) is 0. The largest absolute Gasteiger partial charge is 0.335 e. The molecule has 0 radical (unpaired) electrons. The second kappa shape index (κ2) is 3.03. The summed E-state index contributed by atoms with van der Waals surface area (Å²) in [6.07, 6.45) is 3.00. The molecule has 0 aliphatic heterocycles. The van der Waals surface area contributed by atoms with Gasteiger partial charge in [0, 0.05) is 11.5 Å². The normalized spacial score (nSPS) is 9.46. The van der Waals surface area contributed by atoms with Gasteiger partial charge in [-0.15, -0.1) is 5.10 Å². The number of aromatic nitrogens is 3. The van der Waals surface area contributed by atoms with Crippen molar-refractivity contribution < 1.29 is 4.52 Å². The number of nitrogens with zero attached hydrogens (tertiary/aromatic N) is 4. The predicted molar refractivity (Wildman–Crippen MR) is 42.2 cm³/mol. The van der Waals surface area contributed by atoms with E-state index < -0.39 is 0 Å². The highest BCUT2D eigenvalue weighted by atomic mass is 16.5. The second-order valence-corrected chi connectivity index (χ2v) is 2.29. The van der Waals surface area contributed by atoms with E-state index in [1.165, 1.54) is 6.20 Å². The van der Waals surface area contributed by atoms with Gasteiger partial charge in [0.1, 0.15) is 18.0 Å². The zero-order valence-electron chi connectivity index (χ0n) is 6.51. The van der Waals surface area contributed by atoms with Crippen LogP contribution in [0.25, 0.3) is 11.5 Å². The van der Waals surface area contributed by atoms with Gasteiger partial charge < -0.3 is 4.52 Å². The molecule has 62 valence electrons. The molecule has 2 heterocycles. The highest BCUT2D eigenvalue weighted by molar-refractivity contribution is 5.59. The van der Waals surface area contributed by atoms with Crippen molar-refractivity contribution in [2.45, 2.75) is 0 Å². The molecule has 2 aromatic heterocycles. The molecule has 0 atom stereocenters. The number of nitriles is 1. The molecule has 0 saturated carbocycles. The lowest BCUT2D eigenvalue weighted by atomic mass is 10.2. The molecule has 0 aromatic carbocycles. The van der Waals surface area contributed by atoms with Crippen LogP contribution in [-0.4, -0.2) is 15.4 Å². The monoisotopic (exact) mass is 172 g/mol. The van der Waals surface area contributed by atoms with Crippen LogP contribution in [0.1, 0.15) is 5.56 Å². The zero-order valence-corrected chi connectivity index (χ0v) is 6.51. The maximum atomic E-state index is 8.74. The molecule has 13 heavy (non-hydrogen) atoms. The van der Waals surface area contributed by atoms with Crippen LogP contribution in [0.15, 0.2) is 29.0 Å². The molecular weight excluding hydrogens is 168 g/mol. The Morgan fingerprint density at radius 3 is 3.08 bits per heavy atom. The number of rotatable bonds is 1. The third-order valence-electron chi connectivity index (χ3n) is 1.52. The molecule has 0 amide bonds. The van der Waals surface area contributed by atoms with Gasteiger partial charge in [0.2, 0.25) is 5.76 Å². The van der Waals surface area contributed by atoms with Gasteiger partial charge in [0.05, 0.1) is 5.56 Å². The van der Waals surface area contributed by atoms with E-state index in [1.54, 1.807) is 18.3 Å². The molecule has 0 fully saturated rings. The van der Waals surface area contributed by atoms with E-state index in [0.29, 0.717) is 17.0 Å². The third-order valence-corrected chi connectivity index (χ3v) is 1.52. The van der Waals surface area contributed by atoms with E-state index in [0.717, 1.165) is 0 Å². The molecule has 0 saturated heterocycles. The Balaban J connectivity index is 2.59. The fourth-order valence-corrected chi connectivity index (χ4v) is 0.963. The molecule has 2 rings (SSSR count). The Kier molecular flexibility index (Phi) is 1.73. The van der Waals surface area contributed by atoms with Crippen molar-refractivity contribution in [3.63, 3.8) is 0 Å². The van der Waals surface area contributed by atoms with Crippen LogP contribution in [-0.2, 0) is 0 Å². The lowest BCUT2D eigenvalue weighted by Gasteiger charge is -1.94. The van der Waals surface area contributed by atoms with E-state index in [9.17, 15) is 0 Å². The molecular formula is C8H4N4O. The van der Waals surface area contributed by atoms with Crippen molar-refractivity contribution >= 4 is 0 Å². The molecule has 0 aliphatic carbocycles. The lowest BCUT2D eigenvalue weighted by Crippen LogP contribution is -1.85. The molecule has 2 aromatic rings. The highest BCUT2D eigenvalue weighted by Gasteiger charge is 2.08. The van der Waals surface area contributed by atoms with Crippen molar-refractivity contribution in [2.75, 3.05) is 0 Å². The third kappa shape index (κ3) is 1.25. The Hall–Kier alpha value is -2.22. The van der Waals surface area contributed by atoms with Crippen molar-refractivity contribution in [2.24, 2.45) is 0 Å². The molecule has 0 unspecified atom stereocenters. The minimum Gasteiger partial charge on any atom is -0.335 e. The van der Waals surface area contributed by atoms with E-state index in [1.807, 2.05) is 6.07 Å². The van der Waals surface area contributed by atoms with Gasteiger partial charge in [-0.2, -0.15) is 5.26 Å². The average Bonchev–Trinajstić information content (AvgIpc) is 2.70. The number of pyridine rings is 1. The van der Waals surface area contributed by atoms with Crippen LogP contribution in [0.2, 0.25) is 0 Å². The van der Waals surface area contributed by atoms with E-state index in [-0.39, 0.29) is 0 Å². The molecule has 0 N–H and O–H groups in total. The summed E-state index contributed by atoms with van der Waals surface area (Å²) < 4.78 is 4.79. The van der Waals surface area contributed by atoms with Crippen LogP contribution in [0.5, 0.6) is 0 Å². The van der Waals surface area contributed by atoms with Gasteiger partial charge in [0.15, 0.2) is 0 Å². The SMILES string of the molecule is N#Cc1cccnc1-c1cnno1. The number of hydrogen-bond acceptors (Lipinski definition) is 5. The van der Waals surface area contributed by atoms with Gasteiger partial charge in [-0.05, 0) is 12.1 Å². The van der Waals surface area contributed by atoms with Crippen LogP contribution in [0, 0.1) is 11.3 Å². The van der Waals surface area contributed by atoms with Gasteiger partial charge in [-0.3, -0.25) is 4.98 Å². The van der Waals surface area contributed by atoms with Gasteiger partial charge in [-0.1, -0.05) is 0 Å². The minimum atomic E-state index is 0.400. The smallest absolute Gasteiger partial charge is 0.206 e. The topological polar surface area (TPSA) is 75.6 Å². The standard InChI is InChI=1S/C8H4N4O/c9-4-6-2-1-3-10-8(6)7-5-11-12-13-7/h1-3,5H. The first-order valence-corrected chi connectivity index (χ1v) is 3.54.